The first kappa shape index (κ1) is 30.3. The van der Waals surface area contributed by atoms with Crippen molar-refractivity contribution in [2.45, 2.75) is 31.5 Å². The van der Waals surface area contributed by atoms with Crippen LogP contribution in [0.1, 0.15) is 35.4 Å². The van der Waals surface area contributed by atoms with Crippen LogP contribution in [0.4, 0.5) is 42.0 Å². The normalized spacial score (nSPS) is 14.7. The first-order valence-electron chi connectivity index (χ1n) is 13.6. The number of hydrogen-bond acceptors (Lipinski definition) is 7. The molecule has 0 spiro atoms. The van der Waals surface area contributed by atoms with Gasteiger partial charge in [0.25, 0.3) is 0 Å². The Balaban J connectivity index is 0.00000129. The molecule has 42 heavy (non-hydrogen) atoms. The Morgan fingerprint density at radius 1 is 1.05 bits per heavy atom. The molecule has 5 rings (SSSR count). The van der Waals surface area contributed by atoms with Gasteiger partial charge in [0.1, 0.15) is 5.56 Å². The largest absolute Gasteiger partial charge is 0.421 e. The van der Waals surface area contributed by atoms with Crippen molar-refractivity contribution in [2.75, 3.05) is 35.7 Å². The molecule has 11 heteroatoms. The Morgan fingerprint density at radius 2 is 1.79 bits per heavy atom. The van der Waals surface area contributed by atoms with E-state index in [1.165, 1.54) is 23.3 Å². The number of benzene rings is 3. The zero-order chi connectivity index (χ0) is 30.0. The van der Waals surface area contributed by atoms with Gasteiger partial charge >= 0.3 is 6.18 Å². The monoisotopic (exact) mass is 577 g/mol. The van der Waals surface area contributed by atoms with Crippen molar-refractivity contribution in [3.63, 3.8) is 0 Å². The highest BCUT2D eigenvalue weighted by Gasteiger charge is 2.36. The number of nitrogens with two attached hydrogens (primary N) is 1. The number of para-hydroxylation sites is 1. The summed E-state index contributed by atoms with van der Waals surface area (Å²) in [5.41, 5.74) is 8.03. The molecule has 5 N–H and O–H groups in total. The molecule has 0 saturated carbocycles. The highest BCUT2D eigenvalue weighted by molar-refractivity contribution is 5.65. The van der Waals surface area contributed by atoms with E-state index in [4.69, 9.17) is 4.79 Å². The number of carbonyl (C=O) groups is 1. The number of primary amides is 1. The summed E-state index contributed by atoms with van der Waals surface area (Å²) < 4.78 is 41.1. The van der Waals surface area contributed by atoms with Gasteiger partial charge in [-0.25, -0.2) is 4.98 Å². The lowest BCUT2D eigenvalue weighted by atomic mass is 9.91. The van der Waals surface area contributed by atoms with Crippen LogP contribution < -0.4 is 26.6 Å². The number of halogens is 3. The van der Waals surface area contributed by atoms with E-state index in [-0.39, 0.29) is 18.2 Å². The van der Waals surface area contributed by atoms with Crippen molar-refractivity contribution >= 4 is 35.2 Å². The third-order valence-electron chi connectivity index (χ3n) is 6.90. The lowest BCUT2D eigenvalue weighted by Gasteiger charge is -2.23. The minimum atomic E-state index is -4.58. The average Bonchev–Trinajstić information content (AvgIpc) is 3.01. The summed E-state index contributed by atoms with van der Waals surface area (Å²) in [6, 6.07) is 25.0. The fourth-order valence-corrected chi connectivity index (χ4v) is 4.74. The fourth-order valence-electron chi connectivity index (χ4n) is 4.74. The van der Waals surface area contributed by atoms with Crippen LogP contribution in [0.5, 0.6) is 0 Å². The Labute approximate surface area is 243 Å². The van der Waals surface area contributed by atoms with Crippen LogP contribution in [-0.4, -0.2) is 36.5 Å². The fraction of sp³-hybridized carbons (Fsp3) is 0.258. The number of anilines is 5. The number of nitrogens with one attached hydrogen (secondary N) is 3. The maximum Gasteiger partial charge on any atom is 0.421 e. The van der Waals surface area contributed by atoms with Crippen molar-refractivity contribution < 1.29 is 18.0 Å². The summed E-state index contributed by atoms with van der Waals surface area (Å²) in [5.74, 6) is 0.408. The van der Waals surface area contributed by atoms with E-state index >= 15 is 0 Å². The van der Waals surface area contributed by atoms with Crippen LogP contribution in [0.3, 0.4) is 0 Å². The third-order valence-corrected chi connectivity index (χ3v) is 6.90. The number of aromatic nitrogens is 2. The topological polar surface area (TPSA) is 108 Å². The SMILES string of the molecule is CN(c1ccccc1)c1nc(Nc2ccc(CNc3cccc(C4CCCNC4)c3)cc2)ncc1C(F)(F)F.NC=O. The second-order valence-electron chi connectivity index (χ2n) is 9.80. The molecule has 0 aliphatic carbocycles. The molecule has 1 saturated heterocycles. The van der Waals surface area contributed by atoms with Crippen LogP contribution >= 0.6 is 0 Å². The number of piperidine rings is 1. The molecule has 1 atom stereocenters. The molecule has 220 valence electrons. The van der Waals surface area contributed by atoms with Crippen LogP contribution in [0.15, 0.2) is 85.1 Å². The Hall–Kier alpha value is -4.64. The molecule has 8 nitrogen and oxygen atoms in total. The Kier molecular flexibility index (Phi) is 10.3. The number of alkyl halides is 3. The zero-order valence-electron chi connectivity index (χ0n) is 23.2. The molecular formula is C31H34F3N7O. The molecule has 1 aromatic heterocycles. The molecular weight excluding hydrogens is 543 g/mol. The maximum atomic E-state index is 13.7. The molecule has 1 amide bonds. The number of hydrogen-bond donors (Lipinski definition) is 4. The van der Waals surface area contributed by atoms with Crippen molar-refractivity contribution in [3.8, 4) is 0 Å². The van der Waals surface area contributed by atoms with Crippen molar-refractivity contribution in [1.29, 1.82) is 0 Å². The van der Waals surface area contributed by atoms with Crippen molar-refractivity contribution in [2.24, 2.45) is 5.73 Å². The summed E-state index contributed by atoms with van der Waals surface area (Å²) in [7, 11) is 1.56. The van der Waals surface area contributed by atoms with Crippen LogP contribution in [-0.2, 0) is 17.5 Å². The van der Waals surface area contributed by atoms with Gasteiger partial charge in [0.15, 0.2) is 5.82 Å². The summed E-state index contributed by atoms with van der Waals surface area (Å²) >= 11 is 0. The van der Waals surface area contributed by atoms with Gasteiger partial charge in [-0.15, -0.1) is 0 Å². The van der Waals surface area contributed by atoms with E-state index in [1.807, 2.05) is 24.3 Å². The highest BCUT2D eigenvalue weighted by atomic mass is 19.4. The quantitative estimate of drug-likeness (QED) is 0.185. The maximum absolute atomic E-state index is 13.7. The predicted octanol–water partition coefficient (Wildman–Crippen LogP) is 6.19. The van der Waals surface area contributed by atoms with E-state index in [1.54, 1.807) is 37.4 Å². The van der Waals surface area contributed by atoms with Crippen LogP contribution in [0.25, 0.3) is 0 Å². The molecule has 2 heterocycles. The standard InChI is InChI=1S/C30H31F3N6.CH3NO/c1-39(26-10-3-2-4-11-26)28-27(30(31,32)33)20-36-29(38-28)37-24-14-12-21(13-15-24)18-35-25-9-5-7-22(17-25)23-8-6-16-34-19-23;2-1-3/h2-5,7,9-15,17,20,23,34-35H,6,8,16,18-19H2,1H3,(H,36,37,38);1H,(H2,2,3). The molecule has 0 radical (unpaired) electrons. The average molecular weight is 578 g/mol. The minimum absolute atomic E-state index is 0.0840. The van der Waals surface area contributed by atoms with E-state index < -0.39 is 11.7 Å². The second kappa shape index (κ2) is 14.3. The number of carbonyl (C=O) groups excluding carboxylic acids is 1. The molecule has 1 aliphatic heterocycles. The molecule has 3 aromatic carbocycles. The number of nitrogens with zero attached hydrogens (tertiary/aromatic N) is 3. The first-order chi connectivity index (χ1) is 20.3. The minimum Gasteiger partial charge on any atom is -0.381 e. The third kappa shape index (κ3) is 8.20. The van der Waals surface area contributed by atoms with Crippen molar-refractivity contribution in [1.82, 2.24) is 15.3 Å². The molecule has 1 aliphatic rings. The van der Waals surface area contributed by atoms with Gasteiger partial charge in [-0.1, -0.05) is 42.5 Å². The molecule has 0 bridgehead atoms. The second-order valence-corrected chi connectivity index (χ2v) is 9.80. The number of amides is 1. The summed E-state index contributed by atoms with van der Waals surface area (Å²) in [6.45, 7) is 2.76. The van der Waals surface area contributed by atoms with E-state index in [2.05, 4.69) is 55.9 Å². The summed E-state index contributed by atoms with van der Waals surface area (Å²) in [4.78, 5) is 18.1. The van der Waals surface area contributed by atoms with Crippen molar-refractivity contribution in [3.05, 3.63) is 102 Å². The van der Waals surface area contributed by atoms with Crippen LogP contribution in [0.2, 0.25) is 0 Å². The summed E-state index contributed by atoms with van der Waals surface area (Å²) in [6.07, 6.45) is -1.11. The van der Waals surface area contributed by atoms with Gasteiger partial charge in [0, 0.05) is 43.4 Å². The Morgan fingerprint density at radius 3 is 2.45 bits per heavy atom. The highest BCUT2D eigenvalue weighted by Crippen LogP contribution is 2.37. The van der Waals surface area contributed by atoms with E-state index in [9.17, 15) is 13.2 Å². The zero-order valence-corrected chi connectivity index (χ0v) is 23.2. The summed E-state index contributed by atoms with van der Waals surface area (Å²) in [5, 5.41) is 9.99. The van der Waals surface area contributed by atoms with Gasteiger partial charge in [0.2, 0.25) is 12.4 Å². The van der Waals surface area contributed by atoms with E-state index in [0.717, 1.165) is 30.5 Å². The first-order valence-corrected chi connectivity index (χ1v) is 13.6. The lowest BCUT2D eigenvalue weighted by molar-refractivity contribution is -0.137. The molecule has 4 aromatic rings. The van der Waals surface area contributed by atoms with Gasteiger partial charge in [-0.2, -0.15) is 18.2 Å². The lowest BCUT2D eigenvalue weighted by Crippen LogP contribution is -2.28. The number of rotatable bonds is 8. The van der Waals surface area contributed by atoms with Gasteiger partial charge in [0.05, 0.1) is 0 Å². The van der Waals surface area contributed by atoms with Gasteiger partial charge in [-0.3, -0.25) is 4.79 Å². The molecule has 1 fully saturated rings. The van der Waals surface area contributed by atoms with E-state index in [0.29, 0.717) is 23.8 Å². The molecule has 1 unspecified atom stereocenters. The van der Waals surface area contributed by atoms with Crippen LogP contribution in [0, 0.1) is 0 Å². The smallest absolute Gasteiger partial charge is 0.381 e. The van der Waals surface area contributed by atoms with Gasteiger partial charge in [-0.05, 0) is 72.8 Å². The predicted molar refractivity (Wildman–Crippen MR) is 160 cm³/mol. The Bertz CT molecular complexity index is 1430. The van der Waals surface area contributed by atoms with Gasteiger partial charge < -0.3 is 26.6 Å².